The predicted molar refractivity (Wildman–Crippen MR) is 106 cm³/mol. The molecule has 0 amide bonds. The minimum atomic E-state index is 0.282. The summed E-state index contributed by atoms with van der Waals surface area (Å²) < 4.78 is 5.63. The third-order valence-electron chi connectivity index (χ3n) is 3.30. The number of para-hydroxylation sites is 1. The molecule has 0 aliphatic carbocycles. The summed E-state index contributed by atoms with van der Waals surface area (Å²) in [4.78, 5) is 8.61. The fourth-order valence-corrected chi connectivity index (χ4v) is 2.26. The molecule has 2 heterocycles. The maximum atomic E-state index is 5.63. The highest BCUT2D eigenvalue weighted by Gasteiger charge is 2.11. The Labute approximate surface area is 154 Å². The molecule has 0 spiro atoms. The first-order valence-electron chi connectivity index (χ1n) is 8.89. The van der Waals surface area contributed by atoms with Crippen molar-refractivity contribution in [3.8, 4) is 23.0 Å². The number of aromatic amines is 1. The molecule has 5 heteroatoms. The van der Waals surface area contributed by atoms with Crippen LogP contribution in [-0.2, 0) is 0 Å². The fourth-order valence-electron chi connectivity index (χ4n) is 2.26. The van der Waals surface area contributed by atoms with Crippen molar-refractivity contribution in [2.45, 2.75) is 27.7 Å². The van der Waals surface area contributed by atoms with Crippen LogP contribution in [-0.4, -0.2) is 20.2 Å². The normalized spacial score (nSPS) is 9.54. The summed E-state index contributed by atoms with van der Waals surface area (Å²) in [5, 5.41) is 8.12. The number of hydrogen-bond acceptors (Lipinski definition) is 4. The van der Waals surface area contributed by atoms with Crippen LogP contribution in [0.3, 0.4) is 0 Å². The molecule has 5 nitrogen and oxygen atoms in total. The van der Waals surface area contributed by atoms with Gasteiger partial charge in [0.25, 0.3) is 0 Å². The smallest absolute Gasteiger partial charge is 0.324 e. The van der Waals surface area contributed by atoms with Gasteiger partial charge in [0.15, 0.2) is 5.65 Å². The number of rotatable bonds is 3. The molecule has 0 fully saturated rings. The number of H-pyrrole nitrogens is 1. The van der Waals surface area contributed by atoms with Crippen LogP contribution in [0.25, 0.3) is 22.3 Å². The highest BCUT2D eigenvalue weighted by molar-refractivity contribution is 5.90. The zero-order valence-electron chi connectivity index (χ0n) is 15.6. The standard InChI is InChI=1S/C17H12N4O.2C2H6/c1-3-7-12(8-4-1)15-14-11-18-17(19-16(14)21-20-15)22-13-9-5-2-6-10-13;2*1-2/h1-11H,(H,18,19,20,21);2*1-2H3. The molecule has 4 aromatic rings. The average molecular weight is 348 g/mol. The summed E-state index contributed by atoms with van der Waals surface area (Å²) in [6.45, 7) is 8.00. The van der Waals surface area contributed by atoms with E-state index < -0.39 is 0 Å². The molecule has 0 bridgehead atoms. The molecule has 26 heavy (non-hydrogen) atoms. The minimum absolute atomic E-state index is 0.282. The largest absolute Gasteiger partial charge is 0.424 e. The number of nitrogens with zero attached hydrogens (tertiary/aromatic N) is 3. The molecular formula is C21H24N4O. The molecule has 134 valence electrons. The molecule has 0 aliphatic rings. The van der Waals surface area contributed by atoms with E-state index in [2.05, 4.69) is 20.2 Å². The molecule has 0 unspecified atom stereocenters. The second kappa shape index (κ2) is 9.93. The van der Waals surface area contributed by atoms with E-state index in [1.165, 1.54) is 0 Å². The average Bonchev–Trinajstić information content (AvgIpc) is 3.16. The van der Waals surface area contributed by atoms with Crippen molar-refractivity contribution >= 4 is 11.0 Å². The van der Waals surface area contributed by atoms with E-state index >= 15 is 0 Å². The maximum Gasteiger partial charge on any atom is 0.324 e. The van der Waals surface area contributed by atoms with Gasteiger partial charge in [0.1, 0.15) is 5.75 Å². The SMILES string of the molecule is CC.CC.c1ccc(Oc2ncc3c(-c4ccccc4)[nH]nc3n2)cc1. The Hall–Kier alpha value is -3.21. The van der Waals surface area contributed by atoms with Gasteiger partial charge >= 0.3 is 6.01 Å². The van der Waals surface area contributed by atoms with Gasteiger partial charge in [0, 0.05) is 11.8 Å². The lowest BCUT2D eigenvalue weighted by Gasteiger charge is -2.02. The van der Waals surface area contributed by atoms with Crippen molar-refractivity contribution < 1.29 is 4.74 Å². The van der Waals surface area contributed by atoms with Crippen LogP contribution in [0.15, 0.2) is 66.9 Å². The molecule has 0 aliphatic heterocycles. The van der Waals surface area contributed by atoms with Gasteiger partial charge in [0.2, 0.25) is 0 Å². The van der Waals surface area contributed by atoms with E-state index in [4.69, 9.17) is 4.74 Å². The number of benzene rings is 2. The van der Waals surface area contributed by atoms with Gasteiger partial charge in [-0.25, -0.2) is 4.98 Å². The Morgan fingerprint density at radius 3 is 2.08 bits per heavy atom. The van der Waals surface area contributed by atoms with Gasteiger partial charge in [0.05, 0.1) is 11.1 Å². The topological polar surface area (TPSA) is 63.7 Å². The zero-order chi connectivity index (χ0) is 18.8. The van der Waals surface area contributed by atoms with Crippen LogP contribution in [0.4, 0.5) is 0 Å². The Morgan fingerprint density at radius 1 is 0.808 bits per heavy atom. The van der Waals surface area contributed by atoms with E-state index in [0.29, 0.717) is 11.4 Å². The molecule has 0 radical (unpaired) electrons. The van der Waals surface area contributed by atoms with Gasteiger partial charge in [-0.2, -0.15) is 10.1 Å². The molecule has 4 rings (SSSR count). The molecule has 0 atom stereocenters. The number of hydrogen-bond donors (Lipinski definition) is 1. The van der Waals surface area contributed by atoms with Gasteiger partial charge in [-0.05, 0) is 12.1 Å². The molecule has 0 saturated heterocycles. The summed E-state index contributed by atoms with van der Waals surface area (Å²) in [6, 6.07) is 19.7. The third kappa shape index (κ3) is 4.45. The summed E-state index contributed by atoms with van der Waals surface area (Å²) >= 11 is 0. The molecular weight excluding hydrogens is 324 g/mol. The van der Waals surface area contributed by atoms with Crippen molar-refractivity contribution in [3.05, 3.63) is 66.9 Å². The molecule has 1 N–H and O–H groups in total. The third-order valence-corrected chi connectivity index (χ3v) is 3.30. The number of fused-ring (bicyclic) bond motifs is 1. The van der Waals surface area contributed by atoms with E-state index in [9.17, 15) is 0 Å². The van der Waals surface area contributed by atoms with Gasteiger partial charge < -0.3 is 4.74 Å². The number of aromatic nitrogens is 4. The first kappa shape index (κ1) is 19.1. The molecule has 0 saturated carbocycles. The second-order valence-electron chi connectivity index (χ2n) is 4.77. The fraction of sp³-hybridized carbons (Fsp3) is 0.190. The van der Waals surface area contributed by atoms with Crippen LogP contribution in [0.5, 0.6) is 11.8 Å². The Balaban J connectivity index is 0.000000570. The van der Waals surface area contributed by atoms with Gasteiger partial charge in [-0.3, -0.25) is 5.10 Å². The monoisotopic (exact) mass is 348 g/mol. The van der Waals surface area contributed by atoms with Crippen molar-refractivity contribution in [1.82, 2.24) is 20.2 Å². The van der Waals surface area contributed by atoms with Crippen molar-refractivity contribution in [2.24, 2.45) is 0 Å². The van der Waals surface area contributed by atoms with E-state index in [1.807, 2.05) is 88.4 Å². The summed E-state index contributed by atoms with van der Waals surface area (Å²) in [5.74, 6) is 0.695. The van der Waals surface area contributed by atoms with Crippen LogP contribution in [0.2, 0.25) is 0 Å². The Bertz CT molecular complexity index is 905. The van der Waals surface area contributed by atoms with Crippen LogP contribution in [0, 0.1) is 0 Å². The first-order valence-corrected chi connectivity index (χ1v) is 8.89. The van der Waals surface area contributed by atoms with Crippen molar-refractivity contribution in [3.63, 3.8) is 0 Å². The quantitative estimate of drug-likeness (QED) is 0.503. The Morgan fingerprint density at radius 2 is 1.42 bits per heavy atom. The number of nitrogens with one attached hydrogen (secondary N) is 1. The highest BCUT2D eigenvalue weighted by Crippen LogP contribution is 2.26. The highest BCUT2D eigenvalue weighted by atomic mass is 16.5. The maximum absolute atomic E-state index is 5.63. The molecule has 2 aromatic heterocycles. The number of ether oxygens (including phenoxy) is 1. The lowest BCUT2D eigenvalue weighted by molar-refractivity contribution is 0.444. The van der Waals surface area contributed by atoms with Crippen molar-refractivity contribution in [1.29, 1.82) is 0 Å². The van der Waals surface area contributed by atoms with Gasteiger partial charge in [-0.1, -0.05) is 76.2 Å². The Kier molecular flexibility index (Phi) is 7.31. The molecule has 2 aromatic carbocycles. The predicted octanol–water partition coefficient (Wildman–Crippen LogP) is 5.86. The van der Waals surface area contributed by atoms with E-state index in [1.54, 1.807) is 6.20 Å². The summed E-state index contributed by atoms with van der Waals surface area (Å²) in [6.07, 6.45) is 1.73. The minimum Gasteiger partial charge on any atom is -0.424 e. The van der Waals surface area contributed by atoms with Gasteiger partial charge in [-0.15, -0.1) is 0 Å². The lowest BCUT2D eigenvalue weighted by Crippen LogP contribution is -1.91. The first-order chi connectivity index (χ1) is 12.9. The van der Waals surface area contributed by atoms with Crippen LogP contribution >= 0.6 is 0 Å². The van der Waals surface area contributed by atoms with E-state index in [-0.39, 0.29) is 6.01 Å². The van der Waals surface area contributed by atoms with Crippen LogP contribution in [0.1, 0.15) is 27.7 Å². The summed E-state index contributed by atoms with van der Waals surface area (Å²) in [5.41, 5.74) is 2.53. The van der Waals surface area contributed by atoms with Crippen LogP contribution < -0.4 is 4.74 Å². The lowest BCUT2D eigenvalue weighted by atomic mass is 10.1. The van der Waals surface area contributed by atoms with Crippen molar-refractivity contribution in [2.75, 3.05) is 0 Å². The summed E-state index contributed by atoms with van der Waals surface area (Å²) in [7, 11) is 0. The van der Waals surface area contributed by atoms with E-state index in [0.717, 1.165) is 16.6 Å². The zero-order valence-corrected chi connectivity index (χ0v) is 15.6. The second-order valence-corrected chi connectivity index (χ2v) is 4.77.